The molecule has 0 spiro atoms. The van der Waals surface area contributed by atoms with Gasteiger partial charge in [-0.25, -0.2) is 8.42 Å². The van der Waals surface area contributed by atoms with Gasteiger partial charge < -0.3 is 5.41 Å². The first-order valence-electron chi connectivity index (χ1n) is 6.30. The molecule has 0 aliphatic carbocycles. The molecule has 0 fully saturated rings. The summed E-state index contributed by atoms with van der Waals surface area (Å²) in [5, 5.41) is 21.4. The van der Waals surface area contributed by atoms with E-state index in [0.29, 0.717) is 5.56 Å². The molecule has 0 N–H and O–H groups in total. The Balaban J connectivity index is 2.25. The van der Waals surface area contributed by atoms with Gasteiger partial charge in [-0.05, 0) is 34.4 Å². The van der Waals surface area contributed by atoms with Gasteiger partial charge in [0.2, 0.25) is 6.20 Å². The van der Waals surface area contributed by atoms with Gasteiger partial charge in [-0.3, -0.25) is 0 Å². The second-order valence-electron chi connectivity index (χ2n) is 4.62. The van der Waals surface area contributed by atoms with E-state index in [9.17, 15) is 8.42 Å². The van der Waals surface area contributed by atoms with Crippen molar-refractivity contribution < 1.29 is 13.1 Å². The molecule has 110 valence electrons. The molecule has 1 aromatic heterocycles. The summed E-state index contributed by atoms with van der Waals surface area (Å²) >= 11 is 0. The number of aryl methyl sites for hydroxylation is 1. The predicted molar refractivity (Wildman–Crippen MR) is 80.2 cm³/mol. The van der Waals surface area contributed by atoms with Crippen LogP contribution in [0.1, 0.15) is 11.1 Å². The van der Waals surface area contributed by atoms with Crippen LogP contribution in [-0.4, -0.2) is 19.4 Å². The number of hydrogen-bond acceptors (Lipinski definition) is 4. The molecule has 22 heavy (non-hydrogen) atoms. The van der Waals surface area contributed by atoms with Crippen LogP contribution >= 0.6 is 0 Å². The quantitative estimate of drug-likeness (QED) is 0.482. The van der Waals surface area contributed by atoms with E-state index in [1.807, 2.05) is 6.92 Å². The summed E-state index contributed by atoms with van der Waals surface area (Å²) in [6.07, 6.45) is 2.72. The van der Waals surface area contributed by atoms with E-state index in [-0.39, 0.29) is 16.3 Å². The summed E-state index contributed by atoms with van der Waals surface area (Å²) < 4.78 is 25.7. The topological polar surface area (TPSA) is 97.0 Å². The standard InChI is InChI=1S/C15H12N4O2S/c1-12-2-4-15(5-3-12)22(20,21)11-13-6-7-19(18-10-13)14(8-16)9-17/h2-7,10H,11H2,1H3. The predicted octanol–water partition coefficient (Wildman–Crippen LogP) is 1.25. The fourth-order valence-electron chi connectivity index (χ4n) is 1.78. The van der Waals surface area contributed by atoms with Crippen LogP contribution in [-0.2, 0) is 15.6 Å². The van der Waals surface area contributed by atoms with Gasteiger partial charge in [0.1, 0.15) is 0 Å². The second kappa shape index (κ2) is 6.31. The molecule has 7 heteroatoms. The summed E-state index contributed by atoms with van der Waals surface area (Å²) in [5.74, 6) is 1.51. The summed E-state index contributed by atoms with van der Waals surface area (Å²) in [4.78, 5) is 0.246. The van der Waals surface area contributed by atoms with Crippen LogP contribution in [0.15, 0.2) is 47.6 Å². The third-order valence-electron chi connectivity index (χ3n) is 2.96. The van der Waals surface area contributed by atoms with Crippen molar-refractivity contribution in [2.75, 3.05) is 0 Å². The van der Waals surface area contributed by atoms with E-state index < -0.39 is 9.84 Å². The first kappa shape index (κ1) is 15.6. The summed E-state index contributed by atoms with van der Waals surface area (Å²) in [7, 11) is -3.46. The van der Waals surface area contributed by atoms with Gasteiger partial charge in [-0.15, -0.1) is 0 Å². The highest BCUT2D eigenvalue weighted by molar-refractivity contribution is 7.90. The molecule has 0 amide bonds. The zero-order valence-electron chi connectivity index (χ0n) is 11.8. The van der Waals surface area contributed by atoms with Crippen LogP contribution in [0.4, 0.5) is 0 Å². The van der Waals surface area contributed by atoms with Crippen LogP contribution in [0.3, 0.4) is 0 Å². The highest BCUT2D eigenvalue weighted by Gasteiger charge is 2.17. The smallest absolute Gasteiger partial charge is 0.335 e. The maximum Gasteiger partial charge on any atom is 0.335 e. The number of sulfone groups is 1. The van der Waals surface area contributed by atoms with Gasteiger partial charge in [0, 0.05) is 6.07 Å². The van der Waals surface area contributed by atoms with Crippen LogP contribution in [0.2, 0.25) is 0 Å². The van der Waals surface area contributed by atoms with Crippen molar-refractivity contribution in [3.05, 3.63) is 59.3 Å². The average Bonchev–Trinajstić information content (AvgIpc) is 2.50. The second-order valence-corrected chi connectivity index (χ2v) is 6.61. The molecule has 1 heterocycles. The van der Waals surface area contributed by atoms with Crippen molar-refractivity contribution in [1.29, 1.82) is 5.26 Å². The molecule has 6 nitrogen and oxygen atoms in total. The summed E-state index contributed by atoms with van der Waals surface area (Å²) in [6.45, 7) is 1.88. The molecule has 0 unspecified atom stereocenters. The van der Waals surface area contributed by atoms with E-state index >= 15 is 0 Å². The number of nitrogens with zero attached hydrogens (tertiary/aromatic N) is 4. The minimum Gasteiger partial charge on any atom is -0.757 e. The van der Waals surface area contributed by atoms with E-state index in [4.69, 9.17) is 10.7 Å². The minimum absolute atomic E-state index is 0.187. The van der Waals surface area contributed by atoms with Gasteiger partial charge in [0.25, 0.3) is 0 Å². The van der Waals surface area contributed by atoms with Crippen molar-refractivity contribution in [1.82, 2.24) is 5.10 Å². The van der Waals surface area contributed by atoms with Crippen LogP contribution < -0.4 is 4.68 Å². The van der Waals surface area contributed by atoms with Crippen LogP contribution in [0, 0.1) is 18.3 Å². The third kappa shape index (κ3) is 3.44. The molecule has 0 bridgehead atoms. The van der Waals surface area contributed by atoms with Crippen LogP contribution in [0.25, 0.3) is 11.1 Å². The van der Waals surface area contributed by atoms with Crippen molar-refractivity contribution in [2.24, 2.45) is 0 Å². The molecular weight excluding hydrogens is 300 g/mol. The van der Waals surface area contributed by atoms with Crippen LogP contribution in [0.5, 0.6) is 0 Å². The maximum atomic E-state index is 12.3. The van der Waals surface area contributed by atoms with Gasteiger partial charge in [0.05, 0.1) is 16.8 Å². The van der Waals surface area contributed by atoms with Gasteiger partial charge in [-0.1, -0.05) is 17.7 Å². The fraction of sp³-hybridized carbons (Fsp3) is 0.133. The largest absolute Gasteiger partial charge is 0.757 e. The fourth-order valence-corrected chi connectivity index (χ4v) is 3.10. The van der Waals surface area contributed by atoms with Gasteiger partial charge in [-0.2, -0.15) is 11.1 Å². The average molecular weight is 312 g/mol. The first-order chi connectivity index (χ1) is 10.5. The number of allylic oxidation sites excluding steroid dienone is 1. The zero-order chi connectivity index (χ0) is 16.2. The lowest BCUT2D eigenvalue weighted by Crippen LogP contribution is -2.36. The molecule has 0 aliphatic heterocycles. The van der Waals surface area contributed by atoms with Crippen molar-refractivity contribution in [3.8, 4) is 6.07 Å². The van der Waals surface area contributed by atoms with Crippen molar-refractivity contribution >= 4 is 21.4 Å². The highest BCUT2D eigenvalue weighted by atomic mass is 32.2. The molecule has 2 rings (SSSR count). The third-order valence-corrected chi connectivity index (χ3v) is 4.66. The first-order valence-corrected chi connectivity index (χ1v) is 7.95. The molecular formula is C15H12N4O2S. The molecule has 0 aliphatic rings. The number of nitriles is 1. The molecule has 0 saturated carbocycles. The van der Waals surface area contributed by atoms with Crippen molar-refractivity contribution in [3.63, 3.8) is 0 Å². The molecule has 0 atom stereocenters. The molecule has 0 radical (unpaired) electrons. The van der Waals surface area contributed by atoms with Gasteiger partial charge >= 0.3 is 5.70 Å². The van der Waals surface area contributed by atoms with Gasteiger partial charge in [0.15, 0.2) is 15.9 Å². The molecule has 0 saturated heterocycles. The summed E-state index contributed by atoms with van der Waals surface area (Å²) in [5.41, 5.74) is 1.28. The Hall–Kier alpha value is -2.81. The normalized spacial score (nSPS) is 10.5. The lowest BCUT2D eigenvalue weighted by atomic mass is 10.2. The number of rotatable bonds is 4. The minimum atomic E-state index is -3.46. The monoisotopic (exact) mass is 312 g/mol. The van der Waals surface area contributed by atoms with E-state index in [2.05, 4.69) is 5.10 Å². The molecule has 2 aromatic rings. The Bertz CT molecular complexity index is 873. The van der Waals surface area contributed by atoms with E-state index in [0.717, 1.165) is 10.2 Å². The Morgan fingerprint density at radius 3 is 2.50 bits per heavy atom. The zero-order valence-corrected chi connectivity index (χ0v) is 12.6. The molecule has 1 aromatic carbocycles. The Kier molecular flexibility index (Phi) is 4.47. The Labute approximate surface area is 128 Å². The van der Waals surface area contributed by atoms with Crippen molar-refractivity contribution in [2.45, 2.75) is 17.6 Å². The lowest BCUT2D eigenvalue weighted by molar-refractivity contribution is -0.641. The number of hydrogen-bond donors (Lipinski definition) is 0. The lowest BCUT2D eigenvalue weighted by Gasteiger charge is -2.04. The SMILES string of the molecule is Cc1ccc(S(=O)(=O)Cc2cc[n+](C(=C=[N-])C#N)nc2)cc1. The highest BCUT2D eigenvalue weighted by Crippen LogP contribution is 2.16. The summed E-state index contributed by atoms with van der Waals surface area (Å²) in [6, 6.07) is 9.84. The number of benzene rings is 1. The maximum absolute atomic E-state index is 12.3. The van der Waals surface area contributed by atoms with E-state index in [1.165, 1.54) is 18.5 Å². The Morgan fingerprint density at radius 1 is 1.32 bits per heavy atom. The Morgan fingerprint density at radius 2 is 2.00 bits per heavy atom. The van der Waals surface area contributed by atoms with E-state index in [1.54, 1.807) is 36.2 Å². The number of aromatic nitrogens is 2.